The Balaban J connectivity index is 2.11. The van der Waals surface area contributed by atoms with Gasteiger partial charge in [0.15, 0.2) is 10.8 Å². The Bertz CT molecular complexity index is 599. The lowest BCUT2D eigenvalue weighted by Gasteiger charge is -2.01. The molecule has 0 fully saturated rings. The summed E-state index contributed by atoms with van der Waals surface area (Å²) in [7, 11) is 1.31. The molecule has 0 saturated carbocycles. The van der Waals surface area contributed by atoms with E-state index in [1.54, 1.807) is 29.6 Å². The number of esters is 1. The highest BCUT2D eigenvalue weighted by Gasteiger charge is 2.10. The Morgan fingerprint density at radius 3 is 2.78 bits per heavy atom. The van der Waals surface area contributed by atoms with Gasteiger partial charge in [-0.3, -0.25) is 0 Å². The monoisotopic (exact) mass is 259 g/mol. The molecule has 5 nitrogen and oxygen atoms in total. The van der Waals surface area contributed by atoms with E-state index in [0.29, 0.717) is 10.7 Å². The van der Waals surface area contributed by atoms with Crippen molar-refractivity contribution < 1.29 is 9.53 Å². The van der Waals surface area contributed by atoms with Gasteiger partial charge in [-0.05, 0) is 24.3 Å². The Labute approximate surface area is 108 Å². The summed E-state index contributed by atoms with van der Waals surface area (Å²) in [5.74, 6) is -0.459. The number of thiazole rings is 1. The molecule has 6 heteroatoms. The number of nitrogens with zero attached hydrogens (tertiary/aromatic N) is 2. The van der Waals surface area contributed by atoms with E-state index in [9.17, 15) is 4.79 Å². The molecule has 90 valence electrons. The number of hydrogen-bond donors (Lipinski definition) is 1. The predicted octanol–water partition coefficient (Wildman–Crippen LogP) is 2.54. The lowest BCUT2D eigenvalue weighted by molar-refractivity contribution is 0.0595. The Hall–Kier alpha value is -2.39. The summed E-state index contributed by atoms with van der Waals surface area (Å²) in [5.41, 5.74) is 1.67. The Kier molecular flexibility index (Phi) is 3.55. The second-order valence-corrected chi connectivity index (χ2v) is 4.20. The van der Waals surface area contributed by atoms with E-state index < -0.39 is 5.97 Å². The molecule has 0 aliphatic heterocycles. The van der Waals surface area contributed by atoms with Crippen LogP contribution in [0.5, 0.6) is 0 Å². The molecule has 0 unspecified atom stereocenters. The second kappa shape index (κ2) is 5.29. The topological polar surface area (TPSA) is 75.0 Å². The fourth-order valence-electron chi connectivity index (χ4n) is 1.28. The molecule has 0 aliphatic carbocycles. The molecule has 1 heterocycles. The van der Waals surface area contributed by atoms with Crippen LogP contribution < -0.4 is 5.32 Å². The third-order valence-corrected chi connectivity index (χ3v) is 2.92. The predicted molar refractivity (Wildman–Crippen MR) is 67.9 cm³/mol. The van der Waals surface area contributed by atoms with Crippen LogP contribution in [0.1, 0.15) is 16.1 Å². The first kappa shape index (κ1) is 12.1. The van der Waals surface area contributed by atoms with Crippen molar-refractivity contribution in [3.05, 3.63) is 40.9 Å². The molecular formula is C12H9N3O2S. The quantitative estimate of drug-likeness (QED) is 0.857. The van der Waals surface area contributed by atoms with Crippen LogP contribution in [0.15, 0.2) is 29.6 Å². The maximum atomic E-state index is 11.2. The van der Waals surface area contributed by atoms with Gasteiger partial charge in [0.1, 0.15) is 0 Å². The van der Waals surface area contributed by atoms with Crippen LogP contribution in [0.2, 0.25) is 0 Å². The zero-order valence-corrected chi connectivity index (χ0v) is 10.3. The van der Waals surface area contributed by atoms with Crippen LogP contribution in [0.3, 0.4) is 0 Å². The maximum absolute atomic E-state index is 11.2. The molecule has 0 atom stereocenters. The Morgan fingerprint density at radius 2 is 2.17 bits per heavy atom. The van der Waals surface area contributed by atoms with Crippen LogP contribution in [0, 0.1) is 11.3 Å². The van der Waals surface area contributed by atoms with E-state index >= 15 is 0 Å². The number of benzene rings is 1. The van der Waals surface area contributed by atoms with Crippen LogP contribution in [0.25, 0.3) is 0 Å². The minimum absolute atomic E-state index is 0.277. The number of methoxy groups -OCH3 is 1. The molecule has 0 aliphatic rings. The number of nitrogens with one attached hydrogen (secondary N) is 1. The standard InChI is InChI=1S/C12H9N3O2S/c1-17-11(16)10-7-18-12(15-10)14-9-4-2-8(6-13)3-5-9/h2-5,7H,1H3,(H,14,15). The molecule has 0 amide bonds. The van der Waals surface area contributed by atoms with Gasteiger partial charge in [-0.2, -0.15) is 5.26 Å². The van der Waals surface area contributed by atoms with Crippen molar-refractivity contribution in [1.82, 2.24) is 4.98 Å². The largest absolute Gasteiger partial charge is 0.464 e. The molecular weight excluding hydrogens is 250 g/mol. The number of hydrogen-bond acceptors (Lipinski definition) is 6. The van der Waals surface area contributed by atoms with Crippen LogP contribution in [-0.2, 0) is 4.74 Å². The zero-order valence-electron chi connectivity index (χ0n) is 9.51. The van der Waals surface area contributed by atoms with E-state index in [1.807, 2.05) is 6.07 Å². The molecule has 0 radical (unpaired) electrons. The first-order valence-electron chi connectivity index (χ1n) is 5.04. The summed E-state index contributed by atoms with van der Waals surface area (Å²) in [6.07, 6.45) is 0. The van der Waals surface area contributed by atoms with Crippen molar-refractivity contribution in [3.8, 4) is 6.07 Å². The van der Waals surface area contributed by atoms with Crippen molar-refractivity contribution in [1.29, 1.82) is 5.26 Å². The number of anilines is 2. The van der Waals surface area contributed by atoms with Gasteiger partial charge in [-0.25, -0.2) is 9.78 Å². The second-order valence-electron chi connectivity index (χ2n) is 3.34. The van der Waals surface area contributed by atoms with E-state index in [-0.39, 0.29) is 5.69 Å². The average molecular weight is 259 g/mol. The maximum Gasteiger partial charge on any atom is 0.357 e. The van der Waals surface area contributed by atoms with Crippen molar-refractivity contribution in [2.75, 3.05) is 12.4 Å². The fourth-order valence-corrected chi connectivity index (χ4v) is 1.98. The third-order valence-electron chi connectivity index (χ3n) is 2.16. The summed E-state index contributed by atoms with van der Waals surface area (Å²) >= 11 is 1.31. The highest BCUT2D eigenvalue weighted by atomic mass is 32.1. The van der Waals surface area contributed by atoms with Crippen molar-refractivity contribution in [2.24, 2.45) is 0 Å². The number of ether oxygens (including phenoxy) is 1. The third kappa shape index (κ3) is 2.64. The summed E-state index contributed by atoms with van der Waals surface area (Å²) in [6, 6.07) is 9.00. The van der Waals surface area contributed by atoms with Gasteiger partial charge in [-0.1, -0.05) is 0 Å². The number of rotatable bonds is 3. The van der Waals surface area contributed by atoms with E-state index in [0.717, 1.165) is 5.69 Å². The van der Waals surface area contributed by atoms with Gasteiger partial charge in [0.2, 0.25) is 0 Å². The molecule has 0 saturated heterocycles. The molecule has 0 bridgehead atoms. The summed E-state index contributed by atoms with van der Waals surface area (Å²) in [5, 5.41) is 13.9. The first-order chi connectivity index (χ1) is 8.72. The average Bonchev–Trinajstić information content (AvgIpc) is 2.87. The van der Waals surface area contributed by atoms with Gasteiger partial charge < -0.3 is 10.1 Å². The number of nitriles is 1. The van der Waals surface area contributed by atoms with Gasteiger partial charge in [0.25, 0.3) is 0 Å². The van der Waals surface area contributed by atoms with E-state index in [1.165, 1.54) is 18.4 Å². The van der Waals surface area contributed by atoms with Crippen molar-refractivity contribution in [3.63, 3.8) is 0 Å². The zero-order chi connectivity index (χ0) is 13.0. The van der Waals surface area contributed by atoms with Gasteiger partial charge in [0.05, 0.1) is 18.7 Å². The van der Waals surface area contributed by atoms with Crippen LogP contribution >= 0.6 is 11.3 Å². The fraction of sp³-hybridized carbons (Fsp3) is 0.0833. The SMILES string of the molecule is COC(=O)c1csc(Nc2ccc(C#N)cc2)n1. The number of carbonyl (C=O) groups excluding carboxylic acids is 1. The highest BCUT2D eigenvalue weighted by molar-refractivity contribution is 7.14. The molecule has 2 aromatic rings. The molecule has 1 N–H and O–H groups in total. The number of aromatic nitrogens is 1. The van der Waals surface area contributed by atoms with Gasteiger partial charge in [0, 0.05) is 11.1 Å². The van der Waals surface area contributed by atoms with E-state index in [2.05, 4.69) is 15.0 Å². The van der Waals surface area contributed by atoms with Crippen LogP contribution in [-0.4, -0.2) is 18.1 Å². The molecule has 0 spiro atoms. The van der Waals surface area contributed by atoms with Gasteiger partial charge in [-0.15, -0.1) is 11.3 Å². The normalized spacial score (nSPS) is 9.56. The number of carbonyl (C=O) groups is 1. The molecule has 1 aromatic heterocycles. The molecule has 1 aromatic carbocycles. The Morgan fingerprint density at radius 1 is 1.44 bits per heavy atom. The first-order valence-corrected chi connectivity index (χ1v) is 5.92. The molecule has 18 heavy (non-hydrogen) atoms. The van der Waals surface area contributed by atoms with Gasteiger partial charge >= 0.3 is 5.97 Å². The molecule has 2 rings (SSSR count). The minimum atomic E-state index is -0.459. The summed E-state index contributed by atoms with van der Waals surface area (Å²) in [6.45, 7) is 0. The lowest BCUT2D eigenvalue weighted by Crippen LogP contribution is -2.01. The van der Waals surface area contributed by atoms with Crippen LogP contribution in [0.4, 0.5) is 10.8 Å². The van der Waals surface area contributed by atoms with Crippen molar-refractivity contribution in [2.45, 2.75) is 0 Å². The van der Waals surface area contributed by atoms with E-state index in [4.69, 9.17) is 5.26 Å². The summed E-state index contributed by atoms with van der Waals surface area (Å²) in [4.78, 5) is 15.3. The van der Waals surface area contributed by atoms with Crippen molar-refractivity contribution >= 4 is 28.1 Å². The summed E-state index contributed by atoms with van der Waals surface area (Å²) < 4.78 is 4.57. The lowest BCUT2D eigenvalue weighted by atomic mass is 10.2. The smallest absolute Gasteiger partial charge is 0.357 e. The minimum Gasteiger partial charge on any atom is -0.464 e. The highest BCUT2D eigenvalue weighted by Crippen LogP contribution is 2.21.